The van der Waals surface area contributed by atoms with Gasteiger partial charge in [0.25, 0.3) is 0 Å². The second-order valence-electron chi connectivity index (χ2n) is 7.49. The predicted octanol–water partition coefficient (Wildman–Crippen LogP) is 4.79. The lowest BCUT2D eigenvalue weighted by Crippen LogP contribution is -2.45. The minimum Gasteiger partial charge on any atom is -0.361 e. The van der Waals surface area contributed by atoms with E-state index in [2.05, 4.69) is 28.6 Å². The van der Waals surface area contributed by atoms with Gasteiger partial charge in [-0.15, -0.1) is 0 Å². The number of benzene rings is 2. The molecule has 29 heavy (non-hydrogen) atoms. The van der Waals surface area contributed by atoms with E-state index >= 15 is 0 Å². The first-order chi connectivity index (χ1) is 14.0. The maximum atomic E-state index is 13.8. The van der Waals surface area contributed by atoms with Crippen molar-refractivity contribution in [2.45, 2.75) is 31.7 Å². The topological polar surface area (TPSA) is 48.1 Å². The number of carbonyl (C=O) groups is 1. The van der Waals surface area contributed by atoms with Gasteiger partial charge < -0.3 is 10.3 Å². The van der Waals surface area contributed by atoms with Crippen molar-refractivity contribution in [3.8, 4) is 0 Å². The fourth-order valence-electron chi connectivity index (χ4n) is 4.05. The van der Waals surface area contributed by atoms with Crippen LogP contribution in [0.2, 0.25) is 0 Å². The molecule has 3 aromatic rings. The standard InChI is InChI=1S/C22H22F3N3O/c1-13(22(29)27-19-7-6-17(23)20(24)21(19)25)28-10-8-14(9-11-28)16-12-26-18-5-3-2-4-15(16)18/h2-7,12-14,26H,8-11H2,1H3,(H,27,29). The van der Waals surface area contributed by atoms with Crippen molar-refractivity contribution in [1.82, 2.24) is 9.88 Å². The van der Waals surface area contributed by atoms with Gasteiger partial charge in [0.05, 0.1) is 11.7 Å². The molecule has 4 nitrogen and oxygen atoms in total. The highest BCUT2D eigenvalue weighted by Crippen LogP contribution is 2.33. The van der Waals surface area contributed by atoms with Crippen molar-refractivity contribution in [3.63, 3.8) is 0 Å². The summed E-state index contributed by atoms with van der Waals surface area (Å²) in [5, 5.41) is 3.60. The third kappa shape index (κ3) is 3.74. The van der Waals surface area contributed by atoms with E-state index in [9.17, 15) is 18.0 Å². The number of piperidine rings is 1. The number of anilines is 1. The molecule has 2 aromatic carbocycles. The van der Waals surface area contributed by atoms with E-state index in [0.29, 0.717) is 5.92 Å². The number of rotatable bonds is 4. The molecule has 4 rings (SSSR count). The van der Waals surface area contributed by atoms with Gasteiger partial charge in [-0.25, -0.2) is 13.2 Å². The molecule has 0 radical (unpaired) electrons. The molecular weight excluding hydrogens is 379 g/mol. The van der Waals surface area contributed by atoms with Crippen molar-refractivity contribution in [3.05, 3.63) is 65.6 Å². The maximum Gasteiger partial charge on any atom is 0.241 e. The normalized spacial score (nSPS) is 16.8. The average Bonchev–Trinajstić information content (AvgIpc) is 3.18. The Balaban J connectivity index is 1.39. The van der Waals surface area contributed by atoms with Gasteiger partial charge in [0, 0.05) is 17.1 Å². The van der Waals surface area contributed by atoms with E-state index < -0.39 is 29.4 Å². The number of aromatic amines is 1. The second kappa shape index (κ2) is 7.91. The molecule has 152 valence electrons. The van der Waals surface area contributed by atoms with E-state index in [4.69, 9.17) is 0 Å². The number of likely N-dealkylation sites (tertiary alicyclic amines) is 1. The van der Waals surface area contributed by atoms with Crippen LogP contribution in [0.5, 0.6) is 0 Å². The number of amides is 1. The second-order valence-corrected chi connectivity index (χ2v) is 7.49. The summed E-state index contributed by atoms with van der Waals surface area (Å²) in [6, 6.07) is 9.51. The zero-order valence-electron chi connectivity index (χ0n) is 16.0. The molecule has 1 aliphatic rings. The molecule has 2 N–H and O–H groups in total. The lowest BCUT2D eigenvalue weighted by molar-refractivity contribution is -0.121. The van der Waals surface area contributed by atoms with Crippen LogP contribution < -0.4 is 5.32 Å². The van der Waals surface area contributed by atoms with Crippen LogP contribution in [0.1, 0.15) is 31.2 Å². The van der Waals surface area contributed by atoms with Crippen LogP contribution in [0.3, 0.4) is 0 Å². The van der Waals surface area contributed by atoms with Crippen molar-refractivity contribution in [2.75, 3.05) is 18.4 Å². The Hall–Kier alpha value is -2.80. The highest BCUT2D eigenvalue weighted by molar-refractivity contribution is 5.94. The Morgan fingerprint density at radius 2 is 1.83 bits per heavy atom. The van der Waals surface area contributed by atoms with Crippen LogP contribution in [-0.2, 0) is 4.79 Å². The number of nitrogens with zero attached hydrogens (tertiary/aromatic N) is 1. The molecule has 0 bridgehead atoms. The molecule has 1 saturated heterocycles. The summed E-state index contributed by atoms with van der Waals surface area (Å²) in [5.74, 6) is -4.30. The van der Waals surface area contributed by atoms with Gasteiger partial charge >= 0.3 is 0 Å². The number of H-pyrrole nitrogens is 1. The first kappa shape index (κ1) is 19.5. The number of aromatic nitrogens is 1. The zero-order chi connectivity index (χ0) is 20.5. The van der Waals surface area contributed by atoms with Gasteiger partial charge in [0.1, 0.15) is 0 Å². The summed E-state index contributed by atoms with van der Waals surface area (Å²) >= 11 is 0. The van der Waals surface area contributed by atoms with Gasteiger partial charge in [-0.3, -0.25) is 9.69 Å². The Bertz CT molecular complexity index is 1040. The van der Waals surface area contributed by atoms with E-state index in [1.807, 2.05) is 17.0 Å². The summed E-state index contributed by atoms with van der Waals surface area (Å²) in [4.78, 5) is 17.8. The number of para-hydroxylation sites is 1. The molecule has 1 aliphatic heterocycles. The number of nitrogens with one attached hydrogen (secondary N) is 2. The van der Waals surface area contributed by atoms with Crippen molar-refractivity contribution in [2.24, 2.45) is 0 Å². The summed E-state index contributed by atoms with van der Waals surface area (Å²) in [7, 11) is 0. The van der Waals surface area contributed by atoms with E-state index in [0.717, 1.165) is 43.6 Å². The van der Waals surface area contributed by atoms with Crippen LogP contribution >= 0.6 is 0 Å². The van der Waals surface area contributed by atoms with E-state index in [1.165, 1.54) is 10.9 Å². The summed E-state index contributed by atoms with van der Waals surface area (Å²) in [6.07, 6.45) is 3.87. The van der Waals surface area contributed by atoms with Gasteiger partial charge in [-0.2, -0.15) is 0 Å². The van der Waals surface area contributed by atoms with Crippen LogP contribution in [0, 0.1) is 17.5 Å². The number of carbonyl (C=O) groups excluding carboxylic acids is 1. The molecule has 0 spiro atoms. The minimum atomic E-state index is -1.59. The van der Waals surface area contributed by atoms with Crippen LogP contribution in [0.15, 0.2) is 42.6 Å². The lowest BCUT2D eigenvalue weighted by Gasteiger charge is -2.35. The highest BCUT2D eigenvalue weighted by atomic mass is 19.2. The molecule has 1 aromatic heterocycles. The molecule has 7 heteroatoms. The highest BCUT2D eigenvalue weighted by Gasteiger charge is 2.29. The first-order valence-corrected chi connectivity index (χ1v) is 9.70. The molecule has 1 atom stereocenters. The number of hydrogen-bond acceptors (Lipinski definition) is 2. The Morgan fingerprint density at radius 1 is 1.10 bits per heavy atom. The fraction of sp³-hybridized carbons (Fsp3) is 0.318. The average molecular weight is 401 g/mol. The van der Waals surface area contributed by atoms with Gasteiger partial charge in [-0.1, -0.05) is 18.2 Å². The van der Waals surface area contributed by atoms with Crippen molar-refractivity contribution < 1.29 is 18.0 Å². The minimum absolute atomic E-state index is 0.352. The molecule has 0 saturated carbocycles. The molecule has 0 aliphatic carbocycles. The largest absolute Gasteiger partial charge is 0.361 e. The van der Waals surface area contributed by atoms with Gasteiger partial charge in [0.2, 0.25) is 5.91 Å². The van der Waals surface area contributed by atoms with Crippen LogP contribution in [0.4, 0.5) is 18.9 Å². The zero-order valence-corrected chi connectivity index (χ0v) is 16.0. The quantitative estimate of drug-likeness (QED) is 0.618. The van der Waals surface area contributed by atoms with Gasteiger partial charge in [-0.05, 0) is 62.5 Å². The molecule has 1 unspecified atom stereocenters. The molecular formula is C22H22F3N3O. The number of halogens is 3. The molecule has 2 heterocycles. The van der Waals surface area contributed by atoms with Crippen molar-refractivity contribution in [1.29, 1.82) is 0 Å². The lowest BCUT2D eigenvalue weighted by atomic mass is 9.88. The molecule has 1 fully saturated rings. The Morgan fingerprint density at radius 3 is 2.59 bits per heavy atom. The number of hydrogen-bond donors (Lipinski definition) is 2. The maximum absolute atomic E-state index is 13.8. The van der Waals surface area contributed by atoms with E-state index in [1.54, 1.807) is 6.92 Å². The predicted molar refractivity (Wildman–Crippen MR) is 106 cm³/mol. The van der Waals surface area contributed by atoms with Crippen molar-refractivity contribution >= 4 is 22.5 Å². The SMILES string of the molecule is CC(C(=O)Nc1ccc(F)c(F)c1F)N1CCC(c2c[nH]c3ccccc23)CC1. The Kier molecular flexibility index (Phi) is 5.32. The van der Waals surface area contributed by atoms with Crippen LogP contribution in [-0.4, -0.2) is 34.9 Å². The fourth-order valence-corrected chi connectivity index (χ4v) is 4.05. The molecule has 1 amide bonds. The Labute approximate surface area is 166 Å². The first-order valence-electron chi connectivity index (χ1n) is 9.70. The summed E-state index contributed by atoms with van der Waals surface area (Å²) < 4.78 is 40.2. The smallest absolute Gasteiger partial charge is 0.241 e. The third-order valence-corrected chi connectivity index (χ3v) is 5.81. The van der Waals surface area contributed by atoms with E-state index in [-0.39, 0.29) is 5.69 Å². The monoisotopic (exact) mass is 401 g/mol. The summed E-state index contributed by atoms with van der Waals surface area (Å²) in [6.45, 7) is 3.18. The van der Waals surface area contributed by atoms with Crippen LogP contribution in [0.25, 0.3) is 10.9 Å². The number of fused-ring (bicyclic) bond motifs is 1. The summed E-state index contributed by atoms with van der Waals surface area (Å²) in [5.41, 5.74) is 2.06. The third-order valence-electron chi connectivity index (χ3n) is 5.81. The van der Waals surface area contributed by atoms with Gasteiger partial charge in [0.15, 0.2) is 17.5 Å².